The number of ether oxygens (including phenoxy) is 2. The number of para-hydroxylation sites is 1. The minimum atomic E-state index is -0.407. The van der Waals surface area contributed by atoms with E-state index in [0.29, 0.717) is 30.4 Å². The average molecular weight is 341 g/mol. The second-order valence-electron chi connectivity index (χ2n) is 5.18. The number of carbonyl (C=O) groups is 1. The Morgan fingerprint density at radius 1 is 1.08 bits per heavy atom. The number of amides is 2. The Morgan fingerprint density at radius 3 is 2.60 bits per heavy atom. The third-order valence-electron chi connectivity index (χ3n) is 3.14. The quantitative estimate of drug-likeness (QED) is 0.562. The summed E-state index contributed by atoms with van der Waals surface area (Å²) in [6.45, 7) is 5.14. The van der Waals surface area contributed by atoms with Crippen molar-refractivity contribution >= 4 is 17.9 Å². The number of rotatable bonds is 8. The minimum absolute atomic E-state index is 0.407. The van der Waals surface area contributed by atoms with Crippen LogP contribution in [0.3, 0.4) is 0 Å². The van der Waals surface area contributed by atoms with Crippen molar-refractivity contribution in [3.63, 3.8) is 0 Å². The van der Waals surface area contributed by atoms with Gasteiger partial charge in [-0.05, 0) is 49.2 Å². The van der Waals surface area contributed by atoms with E-state index in [2.05, 4.69) is 15.8 Å². The Morgan fingerprint density at radius 2 is 1.88 bits per heavy atom. The Hall–Kier alpha value is -3.02. The molecule has 0 unspecified atom stereocenters. The van der Waals surface area contributed by atoms with E-state index in [-0.39, 0.29) is 0 Å². The molecule has 2 aromatic rings. The first-order valence-corrected chi connectivity index (χ1v) is 8.27. The number of hydrogen-bond donors (Lipinski definition) is 2. The topological polar surface area (TPSA) is 72.0 Å². The SMILES string of the molecule is CCCOc1ccc(/C=N/NC(=O)Nc2ccccc2)cc1OCC. The molecule has 0 aliphatic heterocycles. The van der Waals surface area contributed by atoms with Gasteiger partial charge in [0.2, 0.25) is 0 Å². The number of hydrazone groups is 1. The van der Waals surface area contributed by atoms with Gasteiger partial charge >= 0.3 is 6.03 Å². The second-order valence-corrected chi connectivity index (χ2v) is 5.18. The van der Waals surface area contributed by atoms with Gasteiger partial charge in [0.25, 0.3) is 0 Å². The number of carbonyl (C=O) groups excluding carboxylic acids is 1. The third-order valence-corrected chi connectivity index (χ3v) is 3.14. The van der Waals surface area contributed by atoms with Gasteiger partial charge in [0, 0.05) is 5.69 Å². The summed E-state index contributed by atoms with van der Waals surface area (Å²) in [5.74, 6) is 1.37. The summed E-state index contributed by atoms with van der Waals surface area (Å²) >= 11 is 0. The summed E-state index contributed by atoms with van der Waals surface area (Å²) in [6, 6.07) is 14.3. The highest BCUT2D eigenvalue weighted by atomic mass is 16.5. The fourth-order valence-corrected chi connectivity index (χ4v) is 2.05. The van der Waals surface area contributed by atoms with Crippen LogP contribution >= 0.6 is 0 Å². The van der Waals surface area contributed by atoms with Gasteiger partial charge in [-0.25, -0.2) is 10.2 Å². The molecule has 0 saturated carbocycles. The monoisotopic (exact) mass is 341 g/mol. The summed E-state index contributed by atoms with van der Waals surface area (Å²) in [4.78, 5) is 11.8. The lowest BCUT2D eigenvalue weighted by Gasteiger charge is -2.11. The van der Waals surface area contributed by atoms with Crippen LogP contribution in [-0.2, 0) is 0 Å². The molecule has 0 aliphatic carbocycles. The van der Waals surface area contributed by atoms with Crippen LogP contribution in [0, 0.1) is 0 Å². The molecule has 0 heterocycles. The molecule has 0 fully saturated rings. The maximum Gasteiger partial charge on any atom is 0.339 e. The van der Waals surface area contributed by atoms with E-state index in [1.165, 1.54) is 0 Å². The summed E-state index contributed by atoms with van der Waals surface area (Å²) < 4.78 is 11.2. The third kappa shape index (κ3) is 6.18. The van der Waals surface area contributed by atoms with Gasteiger partial charge in [-0.3, -0.25) is 0 Å². The molecule has 0 bridgehead atoms. The van der Waals surface area contributed by atoms with Crippen LogP contribution in [-0.4, -0.2) is 25.5 Å². The fraction of sp³-hybridized carbons (Fsp3) is 0.263. The van der Waals surface area contributed by atoms with Gasteiger partial charge in [0.15, 0.2) is 11.5 Å². The smallest absolute Gasteiger partial charge is 0.339 e. The molecular formula is C19H23N3O3. The molecule has 2 N–H and O–H groups in total. The Labute approximate surface area is 147 Å². The molecule has 0 radical (unpaired) electrons. The van der Waals surface area contributed by atoms with Gasteiger partial charge in [0.1, 0.15) is 0 Å². The lowest BCUT2D eigenvalue weighted by Crippen LogP contribution is -2.24. The summed E-state index contributed by atoms with van der Waals surface area (Å²) in [7, 11) is 0. The predicted octanol–water partition coefficient (Wildman–Crippen LogP) is 4.03. The average Bonchev–Trinajstić information content (AvgIpc) is 2.62. The van der Waals surface area contributed by atoms with E-state index >= 15 is 0 Å². The lowest BCUT2D eigenvalue weighted by molar-refractivity contribution is 0.252. The van der Waals surface area contributed by atoms with Gasteiger partial charge < -0.3 is 14.8 Å². The lowest BCUT2D eigenvalue weighted by atomic mass is 10.2. The van der Waals surface area contributed by atoms with Crippen molar-refractivity contribution < 1.29 is 14.3 Å². The van der Waals surface area contributed by atoms with Crippen molar-refractivity contribution in [2.45, 2.75) is 20.3 Å². The molecule has 6 nitrogen and oxygen atoms in total. The Bertz CT molecular complexity index is 702. The van der Waals surface area contributed by atoms with E-state index in [0.717, 1.165) is 12.0 Å². The van der Waals surface area contributed by atoms with E-state index < -0.39 is 6.03 Å². The van der Waals surface area contributed by atoms with Crippen LogP contribution in [0.25, 0.3) is 0 Å². The van der Waals surface area contributed by atoms with Crippen molar-refractivity contribution in [3.05, 3.63) is 54.1 Å². The van der Waals surface area contributed by atoms with Crippen LogP contribution in [0.2, 0.25) is 0 Å². The molecule has 0 aromatic heterocycles. The van der Waals surface area contributed by atoms with Gasteiger partial charge in [-0.1, -0.05) is 25.1 Å². The highest BCUT2D eigenvalue weighted by Gasteiger charge is 2.05. The molecule has 2 rings (SSSR count). The normalized spacial score (nSPS) is 10.5. The van der Waals surface area contributed by atoms with Crippen LogP contribution in [0.15, 0.2) is 53.6 Å². The maximum absolute atomic E-state index is 11.8. The zero-order valence-corrected chi connectivity index (χ0v) is 14.5. The number of nitrogens with one attached hydrogen (secondary N) is 2. The van der Waals surface area contributed by atoms with Crippen molar-refractivity contribution in [2.24, 2.45) is 5.10 Å². The van der Waals surface area contributed by atoms with Gasteiger partial charge in [-0.15, -0.1) is 0 Å². The second kappa shape index (κ2) is 9.97. The Balaban J connectivity index is 1.95. The van der Waals surface area contributed by atoms with Gasteiger partial charge in [0.05, 0.1) is 19.4 Å². The molecule has 0 spiro atoms. The number of anilines is 1. The zero-order valence-electron chi connectivity index (χ0n) is 14.5. The molecule has 0 aliphatic rings. The molecule has 25 heavy (non-hydrogen) atoms. The van der Waals surface area contributed by atoms with Crippen molar-refractivity contribution in [2.75, 3.05) is 18.5 Å². The molecule has 6 heteroatoms. The first kappa shape index (κ1) is 18.3. The minimum Gasteiger partial charge on any atom is -0.490 e. The van der Waals surface area contributed by atoms with E-state index in [1.54, 1.807) is 18.3 Å². The number of nitrogens with zero attached hydrogens (tertiary/aromatic N) is 1. The van der Waals surface area contributed by atoms with Crippen molar-refractivity contribution in [1.29, 1.82) is 0 Å². The summed E-state index contributed by atoms with van der Waals surface area (Å²) in [5, 5.41) is 6.63. The van der Waals surface area contributed by atoms with Crippen molar-refractivity contribution in [1.82, 2.24) is 5.43 Å². The predicted molar refractivity (Wildman–Crippen MR) is 99.6 cm³/mol. The largest absolute Gasteiger partial charge is 0.490 e. The molecule has 132 valence electrons. The first-order valence-electron chi connectivity index (χ1n) is 8.27. The van der Waals surface area contributed by atoms with Crippen LogP contribution < -0.4 is 20.2 Å². The highest BCUT2D eigenvalue weighted by Crippen LogP contribution is 2.28. The number of hydrogen-bond acceptors (Lipinski definition) is 4. The molecular weight excluding hydrogens is 318 g/mol. The molecule has 2 amide bonds. The van der Waals surface area contributed by atoms with E-state index in [9.17, 15) is 4.79 Å². The van der Waals surface area contributed by atoms with Crippen LogP contribution in [0.4, 0.5) is 10.5 Å². The zero-order chi connectivity index (χ0) is 17.9. The molecule has 2 aromatic carbocycles. The first-order chi connectivity index (χ1) is 12.2. The van der Waals surface area contributed by atoms with E-state index in [1.807, 2.05) is 50.2 Å². The highest BCUT2D eigenvalue weighted by molar-refractivity contribution is 5.90. The molecule has 0 saturated heterocycles. The maximum atomic E-state index is 11.8. The fourth-order valence-electron chi connectivity index (χ4n) is 2.05. The standard InChI is InChI=1S/C19H23N3O3/c1-3-12-25-17-11-10-15(13-18(17)24-4-2)14-20-22-19(23)21-16-8-6-5-7-9-16/h5-11,13-14H,3-4,12H2,1-2H3,(H2,21,22,23)/b20-14+. The summed E-state index contributed by atoms with van der Waals surface area (Å²) in [5.41, 5.74) is 3.93. The summed E-state index contributed by atoms with van der Waals surface area (Å²) in [6.07, 6.45) is 2.48. The van der Waals surface area contributed by atoms with Gasteiger partial charge in [-0.2, -0.15) is 5.10 Å². The number of benzene rings is 2. The van der Waals surface area contributed by atoms with Crippen LogP contribution in [0.5, 0.6) is 11.5 Å². The van der Waals surface area contributed by atoms with Crippen molar-refractivity contribution in [3.8, 4) is 11.5 Å². The van der Waals surface area contributed by atoms with Crippen LogP contribution in [0.1, 0.15) is 25.8 Å². The Kier molecular flexibility index (Phi) is 7.31. The number of urea groups is 1. The van der Waals surface area contributed by atoms with E-state index in [4.69, 9.17) is 9.47 Å². The molecule has 0 atom stereocenters.